The van der Waals surface area contributed by atoms with Crippen LogP contribution in [-0.2, 0) is 6.54 Å². The quantitative estimate of drug-likeness (QED) is 0.895. The highest BCUT2D eigenvalue weighted by Gasteiger charge is 2.16. The SMILES string of the molecule is Cc1c(CNCC(C)C)noc1-c1ccccc1F. The van der Waals surface area contributed by atoms with Crippen molar-refractivity contribution in [2.75, 3.05) is 6.54 Å². The number of halogens is 1. The molecule has 1 heterocycles. The summed E-state index contributed by atoms with van der Waals surface area (Å²) in [4.78, 5) is 0. The summed E-state index contributed by atoms with van der Waals surface area (Å²) in [7, 11) is 0. The van der Waals surface area contributed by atoms with E-state index >= 15 is 0 Å². The van der Waals surface area contributed by atoms with E-state index < -0.39 is 0 Å². The average Bonchev–Trinajstić information content (AvgIpc) is 2.72. The van der Waals surface area contributed by atoms with Crippen LogP contribution in [-0.4, -0.2) is 11.7 Å². The molecular formula is C15H19FN2O. The molecule has 0 bridgehead atoms. The van der Waals surface area contributed by atoms with E-state index in [1.54, 1.807) is 18.2 Å². The molecule has 0 radical (unpaired) electrons. The summed E-state index contributed by atoms with van der Waals surface area (Å²) in [5, 5.41) is 7.33. The fourth-order valence-corrected chi connectivity index (χ4v) is 1.91. The topological polar surface area (TPSA) is 38.1 Å². The van der Waals surface area contributed by atoms with E-state index in [2.05, 4.69) is 24.3 Å². The average molecular weight is 262 g/mol. The van der Waals surface area contributed by atoms with E-state index in [0.29, 0.717) is 23.8 Å². The van der Waals surface area contributed by atoms with Crippen molar-refractivity contribution in [3.8, 4) is 11.3 Å². The minimum Gasteiger partial charge on any atom is -0.356 e. The van der Waals surface area contributed by atoms with Crippen molar-refractivity contribution in [2.24, 2.45) is 5.92 Å². The van der Waals surface area contributed by atoms with Gasteiger partial charge in [0, 0.05) is 12.1 Å². The van der Waals surface area contributed by atoms with E-state index in [4.69, 9.17) is 4.52 Å². The maximum atomic E-state index is 13.7. The van der Waals surface area contributed by atoms with Gasteiger partial charge >= 0.3 is 0 Å². The number of hydrogen-bond acceptors (Lipinski definition) is 3. The summed E-state index contributed by atoms with van der Waals surface area (Å²) in [6.07, 6.45) is 0. The van der Waals surface area contributed by atoms with Gasteiger partial charge in [0.2, 0.25) is 0 Å². The predicted molar refractivity (Wildman–Crippen MR) is 73.2 cm³/mol. The van der Waals surface area contributed by atoms with Crippen molar-refractivity contribution in [2.45, 2.75) is 27.3 Å². The molecule has 0 saturated heterocycles. The molecule has 2 rings (SSSR count). The Labute approximate surface area is 112 Å². The molecule has 2 aromatic rings. The Morgan fingerprint density at radius 3 is 2.74 bits per heavy atom. The van der Waals surface area contributed by atoms with Gasteiger partial charge in [0.15, 0.2) is 5.76 Å². The second kappa shape index (κ2) is 5.97. The minimum atomic E-state index is -0.288. The Kier molecular flexibility index (Phi) is 4.32. The number of rotatable bonds is 5. The van der Waals surface area contributed by atoms with Gasteiger partial charge in [-0.05, 0) is 31.5 Å². The standard InChI is InChI=1S/C15H19FN2O/c1-10(2)8-17-9-14-11(3)15(19-18-14)12-6-4-5-7-13(12)16/h4-7,10,17H,8-9H2,1-3H3. The van der Waals surface area contributed by atoms with E-state index in [-0.39, 0.29) is 5.82 Å². The second-order valence-electron chi connectivity index (χ2n) is 5.09. The molecule has 19 heavy (non-hydrogen) atoms. The van der Waals surface area contributed by atoms with Crippen LogP contribution in [0.4, 0.5) is 4.39 Å². The summed E-state index contributed by atoms with van der Waals surface area (Å²) < 4.78 is 19.0. The van der Waals surface area contributed by atoms with Gasteiger partial charge in [-0.1, -0.05) is 31.1 Å². The molecular weight excluding hydrogens is 243 g/mol. The highest BCUT2D eigenvalue weighted by Crippen LogP contribution is 2.27. The molecule has 0 amide bonds. The van der Waals surface area contributed by atoms with Gasteiger partial charge in [-0.25, -0.2) is 4.39 Å². The van der Waals surface area contributed by atoms with Crippen LogP contribution in [0.2, 0.25) is 0 Å². The fourth-order valence-electron chi connectivity index (χ4n) is 1.91. The number of hydrogen-bond donors (Lipinski definition) is 1. The molecule has 0 spiro atoms. The molecule has 0 aliphatic carbocycles. The van der Waals surface area contributed by atoms with Crippen LogP contribution in [0.1, 0.15) is 25.1 Å². The normalized spacial score (nSPS) is 11.2. The zero-order chi connectivity index (χ0) is 13.8. The molecule has 3 nitrogen and oxygen atoms in total. The number of benzene rings is 1. The first kappa shape index (κ1) is 13.7. The second-order valence-corrected chi connectivity index (χ2v) is 5.09. The molecule has 1 N–H and O–H groups in total. The molecule has 0 saturated carbocycles. The number of nitrogens with one attached hydrogen (secondary N) is 1. The third-order valence-corrected chi connectivity index (χ3v) is 2.98. The van der Waals surface area contributed by atoms with Gasteiger partial charge < -0.3 is 9.84 Å². The van der Waals surface area contributed by atoms with Crippen molar-refractivity contribution in [1.82, 2.24) is 10.5 Å². The van der Waals surface area contributed by atoms with Crippen molar-refractivity contribution in [3.63, 3.8) is 0 Å². The van der Waals surface area contributed by atoms with Crippen LogP contribution in [0, 0.1) is 18.7 Å². The summed E-state index contributed by atoms with van der Waals surface area (Å²) in [6, 6.07) is 6.58. The molecule has 0 unspecified atom stereocenters. The molecule has 0 aliphatic rings. The van der Waals surface area contributed by atoms with E-state index in [1.807, 2.05) is 6.92 Å². The van der Waals surface area contributed by atoms with E-state index in [0.717, 1.165) is 17.8 Å². The Morgan fingerprint density at radius 1 is 1.32 bits per heavy atom. The summed E-state index contributed by atoms with van der Waals surface area (Å²) in [5.74, 6) is 0.807. The van der Waals surface area contributed by atoms with Gasteiger partial charge in [-0.15, -0.1) is 0 Å². The minimum absolute atomic E-state index is 0.288. The predicted octanol–water partition coefficient (Wildman–Crippen LogP) is 3.53. The van der Waals surface area contributed by atoms with Gasteiger partial charge in [-0.2, -0.15) is 0 Å². The fraction of sp³-hybridized carbons (Fsp3) is 0.400. The smallest absolute Gasteiger partial charge is 0.173 e. The molecule has 102 valence electrons. The first-order chi connectivity index (χ1) is 9.09. The maximum absolute atomic E-state index is 13.7. The van der Waals surface area contributed by atoms with Crippen molar-refractivity contribution in [1.29, 1.82) is 0 Å². The van der Waals surface area contributed by atoms with Crippen LogP contribution in [0.15, 0.2) is 28.8 Å². The Morgan fingerprint density at radius 2 is 2.05 bits per heavy atom. The van der Waals surface area contributed by atoms with Crippen LogP contribution in [0.5, 0.6) is 0 Å². The monoisotopic (exact) mass is 262 g/mol. The highest BCUT2D eigenvalue weighted by atomic mass is 19.1. The lowest BCUT2D eigenvalue weighted by Gasteiger charge is -2.05. The molecule has 0 fully saturated rings. The van der Waals surface area contributed by atoms with Crippen molar-refractivity contribution >= 4 is 0 Å². The summed E-state index contributed by atoms with van der Waals surface area (Å²) in [5.41, 5.74) is 2.18. The molecule has 0 aliphatic heterocycles. The van der Waals surface area contributed by atoms with Gasteiger partial charge in [-0.3, -0.25) is 0 Å². The van der Waals surface area contributed by atoms with E-state index in [1.165, 1.54) is 6.07 Å². The Bertz CT molecular complexity index is 549. The Balaban J connectivity index is 2.17. The maximum Gasteiger partial charge on any atom is 0.173 e. The van der Waals surface area contributed by atoms with Gasteiger partial charge in [0.05, 0.1) is 5.56 Å². The largest absolute Gasteiger partial charge is 0.356 e. The Hall–Kier alpha value is -1.68. The first-order valence-corrected chi connectivity index (χ1v) is 6.50. The molecule has 1 aromatic carbocycles. The lowest BCUT2D eigenvalue weighted by atomic mass is 10.1. The van der Waals surface area contributed by atoms with Crippen LogP contribution >= 0.6 is 0 Å². The lowest BCUT2D eigenvalue weighted by Crippen LogP contribution is -2.19. The molecule has 4 heteroatoms. The summed E-state index contributed by atoms with van der Waals surface area (Å²) in [6.45, 7) is 7.76. The summed E-state index contributed by atoms with van der Waals surface area (Å²) >= 11 is 0. The first-order valence-electron chi connectivity index (χ1n) is 6.50. The van der Waals surface area contributed by atoms with Crippen LogP contribution < -0.4 is 5.32 Å². The van der Waals surface area contributed by atoms with Crippen molar-refractivity contribution in [3.05, 3.63) is 41.3 Å². The van der Waals surface area contributed by atoms with Gasteiger partial charge in [0.25, 0.3) is 0 Å². The molecule has 1 aromatic heterocycles. The third kappa shape index (κ3) is 3.20. The van der Waals surface area contributed by atoms with Crippen LogP contribution in [0.25, 0.3) is 11.3 Å². The van der Waals surface area contributed by atoms with Gasteiger partial charge in [0.1, 0.15) is 11.5 Å². The zero-order valence-corrected chi connectivity index (χ0v) is 11.5. The lowest BCUT2D eigenvalue weighted by molar-refractivity contribution is 0.416. The third-order valence-electron chi connectivity index (χ3n) is 2.98. The highest BCUT2D eigenvalue weighted by molar-refractivity contribution is 5.62. The van der Waals surface area contributed by atoms with E-state index in [9.17, 15) is 4.39 Å². The zero-order valence-electron chi connectivity index (χ0n) is 11.5. The van der Waals surface area contributed by atoms with Crippen molar-refractivity contribution < 1.29 is 8.91 Å². The van der Waals surface area contributed by atoms with Crippen LogP contribution in [0.3, 0.4) is 0 Å². The number of nitrogens with zero attached hydrogens (tertiary/aromatic N) is 1. The molecule has 0 atom stereocenters. The number of aromatic nitrogens is 1.